The molecule has 0 bridgehead atoms. The molecule has 0 amide bonds. The minimum Gasteiger partial charge on any atom is -0.382 e. The van der Waals surface area contributed by atoms with Crippen molar-refractivity contribution in [2.24, 2.45) is 0 Å². The molecule has 158 valence electrons. The zero-order chi connectivity index (χ0) is 21.2. The highest BCUT2D eigenvalue weighted by Crippen LogP contribution is 2.21. The maximum absolute atomic E-state index is 4.78. The molecule has 5 nitrogen and oxygen atoms in total. The molecule has 2 rings (SSSR count). The van der Waals surface area contributed by atoms with E-state index in [4.69, 9.17) is 4.98 Å². The molecule has 0 saturated carbocycles. The van der Waals surface area contributed by atoms with Crippen molar-refractivity contribution in [3.8, 4) is 0 Å². The fourth-order valence-electron chi connectivity index (χ4n) is 3.37. The number of nitrogens with zero attached hydrogens (tertiary/aromatic N) is 3. The number of rotatable bonds is 13. The van der Waals surface area contributed by atoms with Crippen LogP contribution in [0.5, 0.6) is 0 Å². The summed E-state index contributed by atoms with van der Waals surface area (Å²) in [5.41, 5.74) is 3.75. The van der Waals surface area contributed by atoms with Crippen molar-refractivity contribution in [3.05, 3.63) is 55.0 Å². The molecule has 0 aliphatic rings. The molecule has 29 heavy (non-hydrogen) atoms. The number of fused-ring (bicyclic) bond motifs is 1. The standard InChI is InChI=1S/C24H37N5/c1-7-16-29(10-4)20(6)26-22-12-14-24-21(18-22)11-13-23(27-24)19(5)25-15-17-28(8-2)9-3/h11-14,18,25-26H,5-10,15-17H2,1-4H3. The number of nitrogens with one attached hydrogen (secondary N) is 2. The lowest BCUT2D eigenvalue weighted by molar-refractivity contribution is 0.308. The van der Waals surface area contributed by atoms with Gasteiger partial charge in [-0.05, 0) is 50.7 Å². The molecule has 1 aromatic carbocycles. The van der Waals surface area contributed by atoms with Crippen LogP contribution in [0.4, 0.5) is 5.69 Å². The number of pyridine rings is 1. The molecule has 1 heterocycles. The molecule has 0 radical (unpaired) electrons. The predicted molar refractivity (Wildman–Crippen MR) is 127 cm³/mol. The topological polar surface area (TPSA) is 43.4 Å². The Morgan fingerprint density at radius 2 is 1.72 bits per heavy atom. The summed E-state index contributed by atoms with van der Waals surface area (Å²) in [5.74, 6) is 0.934. The Bertz CT molecular complexity index is 810. The summed E-state index contributed by atoms with van der Waals surface area (Å²) in [5, 5.41) is 7.93. The van der Waals surface area contributed by atoms with E-state index in [1.54, 1.807) is 0 Å². The lowest BCUT2D eigenvalue weighted by Gasteiger charge is -2.25. The van der Waals surface area contributed by atoms with E-state index >= 15 is 0 Å². The van der Waals surface area contributed by atoms with Crippen LogP contribution in [-0.2, 0) is 0 Å². The first-order valence-electron chi connectivity index (χ1n) is 10.8. The van der Waals surface area contributed by atoms with Gasteiger partial charge >= 0.3 is 0 Å². The van der Waals surface area contributed by atoms with Gasteiger partial charge in [-0.2, -0.15) is 0 Å². The highest BCUT2D eigenvalue weighted by atomic mass is 15.2. The lowest BCUT2D eigenvalue weighted by Crippen LogP contribution is -2.31. The molecule has 0 aliphatic carbocycles. The molecular weight excluding hydrogens is 358 g/mol. The Balaban J connectivity index is 2.03. The minimum absolute atomic E-state index is 0.868. The van der Waals surface area contributed by atoms with Crippen LogP contribution in [0, 0.1) is 0 Å². The van der Waals surface area contributed by atoms with Gasteiger partial charge < -0.3 is 20.4 Å². The number of benzene rings is 1. The molecule has 0 spiro atoms. The second kappa shape index (κ2) is 11.5. The Hall–Kier alpha value is -2.53. The molecule has 0 aliphatic heterocycles. The third kappa shape index (κ3) is 6.50. The maximum atomic E-state index is 4.78. The van der Waals surface area contributed by atoms with Crippen molar-refractivity contribution < 1.29 is 0 Å². The highest BCUT2D eigenvalue weighted by molar-refractivity contribution is 5.84. The van der Waals surface area contributed by atoms with Gasteiger partial charge in [-0.1, -0.05) is 40.0 Å². The van der Waals surface area contributed by atoms with Gasteiger partial charge in [0.1, 0.15) is 0 Å². The first kappa shape index (κ1) is 22.8. The lowest BCUT2D eigenvalue weighted by atomic mass is 10.1. The van der Waals surface area contributed by atoms with Crippen molar-refractivity contribution in [1.29, 1.82) is 0 Å². The van der Waals surface area contributed by atoms with Crippen LogP contribution in [0.25, 0.3) is 16.6 Å². The number of anilines is 1. The molecule has 0 fully saturated rings. The van der Waals surface area contributed by atoms with Crippen molar-refractivity contribution in [2.45, 2.75) is 34.1 Å². The molecule has 0 saturated heterocycles. The van der Waals surface area contributed by atoms with E-state index in [0.29, 0.717) is 0 Å². The van der Waals surface area contributed by atoms with E-state index in [-0.39, 0.29) is 0 Å². The second-order valence-corrected chi connectivity index (χ2v) is 7.19. The largest absolute Gasteiger partial charge is 0.382 e. The van der Waals surface area contributed by atoms with E-state index < -0.39 is 0 Å². The van der Waals surface area contributed by atoms with E-state index in [1.807, 2.05) is 12.1 Å². The first-order valence-corrected chi connectivity index (χ1v) is 10.8. The van der Waals surface area contributed by atoms with E-state index in [0.717, 1.165) is 79.5 Å². The van der Waals surface area contributed by atoms with Gasteiger partial charge in [-0.3, -0.25) is 0 Å². The summed E-state index contributed by atoms with van der Waals surface area (Å²) in [6.45, 7) is 23.0. The Labute approximate surface area is 176 Å². The van der Waals surface area contributed by atoms with E-state index in [9.17, 15) is 0 Å². The summed E-state index contributed by atoms with van der Waals surface area (Å²) < 4.78 is 0. The third-order valence-electron chi connectivity index (χ3n) is 5.20. The van der Waals surface area contributed by atoms with E-state index in [1.165, 1.54) is 0 Å². The van der Waals surface area contributed by atoms with Crippen LogP contribution in [0.1, 0.15) is 39.8 Å². The molecule has 5 heteroatoms. The normalized spacial score (nSPS) is 10.9. The second-order valence-electron chi connectivity index (χ2n) is 7.19. The number of aromatic nitrogens is 1. The Morgan fingerprint density at radius 1 is 0.966 bits per heavy atom. The van der Waals surface area contributed by atoms with Gasteiger partial charge in [0.25, 0.3) is 0 Å². The average molecular weight is 396 g/mol. The maximum Gasteiger partial charge on any atom is 0.0983 e. The minimum atomic E-state index is 0.868. The summed E-state index contributed by atoms with van der Waals surface area (Å²) in [4.78, 5) is 9.41. The van der Waals surface area contributed by atoms with Gasteiger partial charge in [-0.25, -0.2) is 4.98 Å². The van der Waals surface area contributed by atoms with Gasteiger partial charge in [-0.15, -0.1) is 0 Å². The van der Waals surface area contributed by atoms with Gasteiger partial charge in [0.05, 0.1) is 22.7 Å². The van der Waals surface area contributed by atoms with Crippen LogP contribution < -0.4 is 10.6 Å². The van der Waals surface area contributed by atoms with Gasteiger partial charge in [0.2, 0.25) is 0 Å². The monoisotopic (exact) mass is 395 g/mol. The zero-order valence-corrected chi connectivity index (χ0v) is 18.6. The third-order valence-corrected chi connectivity index (χ3v) is 5.20. The summed E-state index contributed by atoms with van der Waals surface area (Å²) in [6, 6.07) is 10.4. The average Bonchev–Trinajstić information content (AvgIpc) is 2.74. The molecule has 1 aromatic heterocycles. The number of hydrogen-bond donors (Lipinski definition) is 2. The quantitative estimate of drug-likeness (QED) is 0.512. The fraction of sp³-hybridized carbons (Fsp3) is 0.458. The zero-order valence-electron chi connectivity index (χ0n) is 18.6. The molecule has 0 unspecified atom stereocenters. The van der Waals surface area contributed by atoms with Crippen molar-refractivity contribution in [1.82, 2.24) is 20.1 Å². The first-order chi connectivity index (χ1) is 14.0. The van der Waals surface area contributed by atoms with Crippen LogP contribution in [-0.4, -0.2) is 54.1 Å². The van der Waals surface area contributed by atoms with Crippen molar-refractivity contribution in [2.75, 3.05) is 44.6 Å². The van der Waals surface area contributed by atoms with E-state index in [2.05, 4.69) is 79.5 Å². The van der Waals surface area contributed by atoms with Crippen LogP contribution in [0.3, 0.4) is 0 Å². The fourth-order valence-corrected chi connectivity index (χ4v) is 3.37. The van der Waals surface area contributed by atoms with Crippen LogP contribution in [0.2, 0.25) is 0 Å². The Kier molecular flexibility index (Phi) is 9.00. The summed E-state index contributed by atoms with van der Waals surface area (Å²) in [6.07, 6.45) is 1.10. The van der Waals surface area contributed by atoms with Crippen molar-refractivity contribution >= 4 is 22.3 Å². The highest BCUT2D eigenvalue weighted by Gasteiger charge is 2.07. The van der Waals surface area contributed by atoms with Gasteiger partial charge in [0, 0.05) is 37.3 Å². The number of likely N-dealkylation sites (N-methyl/N-ethyl adjacent to an activating group) is 1. The number of hydrogen-bond acceptors (Lipinski definition) is 5. The Morgan fingerprint density at radius 3 is 2.38 bits per heavy atom. The summed E-state index contributed by atoms with van der Waals surface area (Å²) >= 11 is 0. The summed E-state index contributed by atoms with van der Waals surface area (Å²) in [7, 11) is 0. The van der Waals surface area contributed by atoms with Gasteiger partial charge in [0.15, 0.2) is 0 Å². The molecular formula is C24H37N5. The van der Waals surface area contributed by atoms with Crippen LogP contribution in [0.15, 0.2) is 49.3 Å². The molecule has 0 atom stereocenters. The van der Waals surface area contributed by atoms with Crippen molar-refractivity contribution in [3.63, 3.8) is 0 Å². The molecule has 2 aromatic rings. The smallest absolute Gasteiger partial charge is 0.0983 e. The molecule has 2 N–H and O–H groups in total. The van der Waals surface area contributed by atoms with Crippen LogP contribution >= 0.6 is 0 Å². The SMILES string of the molecule is C=C(NCCN(CC)CC)c1ccc2cc(NC(=C)N(CC)CCC)ccc2n1. The predicted octanol–water partition coefficient (Wildman–Crippen LogP) is 4.75.